The lowest BCUT2D eigenvalue weighted by Crippen LogP contribution is -2.29. The van der Waals surface area contributed by atoms with Crippen molar-refractivity contribution in [2.24, 2.45) is 0 Å². The van der Waals surface area contributed by atoms with Gasteiger partial charge < -0.3 is 19.9 Å². The smallest absolute Gasteiger partial charge is 0.335 e. The number of thiazole rings is 1. The minimum Gasteiger partial charge on any atom is -0.478 e. The Morgan fingerprint density at radius 1 is 1.13 bits per heavy atom. The van der Waals surface area contributed by atoms with E-state index in [2.05, 4.69) is 17.1 Å². The lowest BCUT2D eigenvalue weighted by molar-refractivity contribution is 0.0696. The largest absolute Gasteiger partial charge is 0.478 e. The second-order valence-electron chi connectivity index (χ2n) is 7.91. The number of hydrogen-bond donors (Lipinski definition) is 2. The van der Waals surface area contributed by atoms with Crippen LogP contribution in [0.5, 0.6) is 0 Å². The molecule has 0 aliphatic carbocycles. The number of anilines is 2. The molecule has 1 aromatic carbocycles. The fourth-order valence-corrected chi connectivity index (χ4v) is 4.78. The van der Waals surface area contributed by atoms with Gasteiger partial charge in [-0.2, -0.15) is 0 Å². The Hall–Kier alpha value is -3.13. The van der Waals surface area contributed by atoms with Crippen LogP contribution in [-0.4, -0.2) is 39.6 Å². The Labute approximate surface area is 185 Å². The Kier molecular flexibility index (Phi) is 6.08. The number of aryl methyl sites for hydroxylation is 2. The summed E-state index contributed by atoms with van der Waals surface area (Å²) in [6.45, 7) is 6.69. The highest BCUT2D eigenvalue weighted by Gasteiger charge is 2.19. The maximum absolute atomic E-state index is 12.9. The zero-order valence-corrected chi connectivity index (χ0v) is 18.5. The third kappa shape index (κ3) is 4.80. The molecule has 162 valence electrons. The van der Waals surface area contributed by atoms with Crippen LogP contribution in [-0.2, 0) is 6.54 Å². The number of nitrogens with one attached hydrogen (secondary N) is 1. The minimum atomic E-state index is -0.995. The standard InChI is InChI=1S/C23H26N4O3S/c1-15-12-20(21(28)24-18-8-6-17(7-9-18)22(29)30)27(13-15)14-19-16(2)31-23(25-19)26-10-4-3-5-11-26/h6-9,12-13H,3-5,10-11,14H2,1-2H3,(H,24,28)(H,29,30). The molecular weight excluding hydrogens is 412 g/mol. The molecule has 0 bridgehead atoms. The van der Waals surface area contributed by atoms with Crippen LogP contribution in [0.15, 0.2) is 36.5 Å². The SMILES string of the molecule is Cc1cc(C(=O)Nc2ccc(C(=O)O)cc2)n(Cc2nc(N3CCCCC3)sc2C)c1. The van der Waals surface area contributed by atoms with Crippen LogP contribution >= 0.6 is 11.3 Å². The van der Waals surface area contributed by atoms with E-state index in [1.165, 1.54) is 36.3 Å². The Balaban J connectivity index is 1.51. The predicted octanol–water partition coefficient (Wildman–Crippen LogP) is 4.55. The van der Waals surface area contributed by atoms with Crippen LogP contribution in [0.25, 0.3) is 0 Å². The molecular formula is C23H26N4O3S. The van der Waals surface area contributed by atoms with E-state index < -0.39 is 5.97 Å². The van der Waals surface area contributed by atoms with Crippen LogP contribution in [0.4, 0.5) is 10.8 Å². The van der Waals surface area contributed by atoms with Crippen molar-refractivity contribution in [3.05, 3.63) is 63.9 Å². The molecule has 2 N–H and O–H groups in total. The summed E-state index contributed by atoms with van der Waals surface area (Å²) in [4.78, 5) is 32.3. The number of carboxylic acid groups (broad SMARTS) is 1. The maximum Gasteiger partial charge on any atom is 0.335 e. The van der Waals surface area contributed by atoms with Crippen LogP contribution in [0.3, 0.4) is 0 Å². The third-order valence-corrected chi connectivity index (χ3v) is 6.56. The lowest BCUT2D eigenvalue weighted by Gasteiger charge is -2.25. The number of aromatic nitrogens is 2. The van der Waals surface area contributed by atoms with Gasteiger partial charge in [-0.1, -0.05) is 0 Å². The summed E-state index contributed by atoms with van der Waals surface area (Å²) in [7, 11) is 0. The monoisotopic (exact) mass is 438 g/mol. The average Bonchev–Trinajstić information content (AvgIpc) is 3.31. The zero-order valence-electron chi connectivity index (χ0n) is 17.7. The number of piperidine rings is 1. The highest BCUT2D eigenvalue weighted by molar-refractivity contribution is 7.15. The molecule has 0 unspecified atom stereocenters. The van der Waals surface area contributed by atoms with Gasteiger partial charge in [-0.15, -0.1) is 11.3 Å². The number of carboxylic acids is 1. The molecule has 1 aliphatic heterocycles. The summed E-state index contributed by atoms with van der Waals surface area (Å²) in [6, 6.07) is 7.99. The molecule has 1 saturated heterocycles. The molecule has 1 aliphatic rings. The Morgan fingerprint density at radius 3 is 2.52 bits per heavy atom. The number of hydrogen-bond acceptors (Lipinski definition) is 5. The number of benzene rings is 1. The predicted molar refractivity (Wildman–Crippen MR) is 123 cm³/mol. The van der Waals surface area contributed by atoms with Crippen molar-refractivity contribution in [1.29, 1.82) is 0 Å². The zero-order chi connectivity index (χ0) is 22.0. The van der Waals surface area contributed by atoms with Gasteiger partial charge in [0.2, 0.25) is 0 Å². The van der Waals surface area contributed by atoms with Gasteiger partial charge in [0.15, 0.2) is 5.13 Å². The highest BCUT2D eigenvalue weighted by Crippen LogP contribution is 2.29. The molecule has 0 saturated carbocycles. The van der Waals surface area contributed by atoms with E-state index in [1.807, 2.05) is 23.8 Å². The van der Waals surface area contributed by atoms with Gasteiger partial charge in [0, 0.05) is 29.9 Å². The number of carbonyl (C=O) groups excluding carboxylic acids is 1. The Bertz CT molecular complexity index is 1090. The third-order valence-electron chi connectivity index (χ3n) is 5.48. The van der Waals surface area contributed by atoms with Gasteiger partial charge >= 0.3 is 5.97 Å². The summed E-state index contributed by atoms with van der Waals surface area (Å²) in [6.07, 6.45) is 5.67. The molecule has 1 amide bonds. The topological polar surface area (TPSA) is 87.5 Å². The average molecular weight is 439 g/mol. The van der Waals surface area contributed by atoms with Crippen molar-refractivity contribution < 1.29 is 14.7 Å². The van der Waals surface area contributed by atoms with E-state index in [0.29, 0.717) is 17.9 Å². The van der Waals surface area contributed by atoms with E-state index in [1.54, 1.807) is 23.5 Å². The number of rotatable bonds is 6. The molecule has 7 nitrogen and oxygen atoms in total. The number of aromatic carboxylic acids is 1. The first-order valence-electron chi connectivity index (χ1n) is 10.4. The van der Waals surface area contributed by atoms with Crippen LogP contribution < -0.4 is 10.2 Å². The lowest BCUT2D eigenvalue weighted by atomic mass is 10.1. The first-order valence-corrected chi connectivity index (χ1v) is 11.2. The molecule has 1 fully saturated rings. The second kappa shape index (κ2) is 8.93. The van der Waals surface area contributed by atoms with Crippen molar-refractivity contribution in [3.8, 4) is 0 Å². The molecule has 0 spiro atoms. The van der Waals surface area contributed by atoms with Crippen LogP contribution in [0.2, 0.25) is 0 Å². The van der Waals surface area contributed by atoms with E-state index in [0.717, 1.165) is 29.5 Å². The molecule has 31 heavy (non-hydrogen) atoms. The van der Waals surface area contributed by atoms with Crippen molar-refractivity contribution >= 4 is 34.0 Å². The minimum absolute atomic E-state index is 0.181. The number of amides is 1. The number of carbonyl (C=O) groups is 2. The van der Waals surface area contributed by atoms with Gasteiger partial charge in [-0.05, 0) is 69.0 Å². The molecule has 2 aromatic heterocycles. The normalized spacial score (nSPS) is 13.9. The van der Waals surface area contributed by atoms with Crippen molar-refractivity contribution in [3.63, 3.8) is 0 Å². The summed E-state index contributed by atoms with van der Waals surface area (Å²) in [5, 5.41) is 13.0. The van der Waals surface area contributed by atoms with E-state index in [4.69, 9.17) is 10.1 Å². The fourth-order valence-electron chi connectivity index (χ4n) is 3.81. The fraction of sp³-hybridized carbons (Fsp3) is 0.348. The summed E-state index contributed by atoms with van der Waals surface area (Å²) >= 11 is 1.72. The van der Waals surface area contributed by atoms with E-state index >= 15 is 0 Å². The number of nitrogens with zero attached hydrogens (tertiary/aromatic N) is 3. The quantitative estimate of drug-likeness (QED) is 0.590. The highest BCUT2D eigenvalue weighted by atomic mass is 32.1. The molecule has 3 aromatic rings. The molecule has 3 heterocycles. The summed E-state index contributed by atoms with van der Waals surface area (Å²) in [5.74, 6) is -1.23. The summed E-state index contributed by atoms with van der Waals surface area (Å²) in [5.41, 5.74) is 3.27. The van der Waals surface area contributed by atoms with Crippen molar-refractivity contribution in [1.82, 2.24) is 9.55 Å². The first-order chi connectivity index (χ1) is 14.9. The van der Waals surface area contributed by atoms with Gasteiger partial charge in [-0.25, -0.2) is 9.78 Å². The Morgan fingerprint density at radius 2 is 1.84 bits per heavy atom. The van der Waals surface area contributed by atoms with Crippen LogP contribution in [0.1, 0.15) is 56.2 Å². The van der Waals surface area contributed by atoms with E-state index in [-0.39, 0.29) is 11.5 Å². The van der Waals surface area contributed by atoms with Crippen molar-refractivity contribution in [2.45, 2.75) is 39.7 Å². The molecule has 8 heteroatoms. The summed E-state index contributed by atoms with van der Waals surface area (Å²) < 4.78 is 1.93. The molecule has 0 radical (unpaired) electrons. The molecule has 4 rings (SSSR count). The van der Waals surface area contributed by atoms with Crippen molar-refractivity contribution in [2.75, 3.05) is 23.3 Å². The van der Waals surface area contributed by atoms with Gasteiger partial charge in [0.25, 0.3) is 5.91 Å². The van der Waals surface area contributed by atoms with Crippen LogP contribution in [0, 0.1) is 13.8 Å². The van der Waals surface area contributed by atoms with E-state index in [9.17, 15) is 9.59 Å². The first kappa shape index (κ1) is 21.1. The van der Waals surface area contributed by atoms with Gasteiger partial charge in [0.1, 0.15) is 5.69 Å². The second-order valence-corrected chi connectivity index (χ2v) is 9.10. The maximum atomic E-state index is 12.9. The molecule has 0 atom stereocenters. The van der Waals surface area contributed by atoms with Gasteiger partial charge in [-0.3, -0.25) is 4.79 Å². The van der Waals surface area contributed by atoms with Gasteiger partial charge in [0.05, 0.1) is 17.8 Å².